The van der Waals surface area contributed by atoms with E-state index in [0.717, 1.165) is 40.2 Å². The van der Waals surface area contributed by atoms with E-state index in [9.17, 15) is 20.0 Å². The third kappa shape index (κ3) is 4.34. The van der Waals surface area contributed by atoms with Crippen LogP contribution in [0.4, 0.5) is 11.4 Å². The van der Waals surface area contributed by atoms with Crippen molar-refractivity contribution in [3.8, 4) is 0 Å². The van der Waals surface area contributed by atoms with E-state index in [2.05, 4.69) is 29.0 Å². The third-order valence-corrected chi connectivity index (χ3v) is 9.26. The predicted molar refractivity (Wildman–Crippen MR) is 154 cm³/mol. The van der Waals surface area contributed by atoms with Gasteiger partial charge in [0.15, 0.2) is 5.69 Å². The van der Waals surface area contributed by atoms with Crippen molar-refractivity contribution in [1.82, 2.24) is 19.9 Å². The van der Waals surface area contributed by atoms with Crippen molar-refractivity contribution in [2.75, 3.05) is 11.4 Å². The summed E-state index contributed by atoms with van der Waals surface area (Å²) in [5.74, 6) is 0.581. The molecular weight excluding hydrogens is 520 g/mol. The van der Waals surface area contributed by atoms with Crippen LogP contribution in [0.5, 0.6) is 0 Å². The Labute approximate surface area is 237 Å². The SMILES string of the molecule is CC(C)[C@H](NC(=O)[C@@H]1Cc2cc([NH+]([O-])O)ccc2N2CC3CC(Cn4c3cccc4=O)[C@@H]12)c1nc2ccccc2[nH]1. The number of nitrogens with one attached hydrogen (secondary N) is 3. The van der Waals surface area contributed by atoms with Crippen LogP contribution in [0.1, 0.15) is 49.3 Å². The van der Waals surface area contributed by atoms with E-state index in [1.165, 1.54) is 0 Å². The van der Waals surface area contributed by atoms with Crippen molar-refractivity contribution in [2.24, 2.45) is 17.8 Å². The van der Waals surface area contributed by atoms with Gasteiger partial charge in [-0.2, -0.15) is 5.23 Å². The smallest absolute Gasteiger partial charge is 0.250 e. The van der Waals surface area contributed by atoms with Crippen molar-refractivity contribution in [2.45, 2.75) is 51.2 Å². The first-order valence-electron chi connectivity index (χ1n) is 14.4. The molecule has 4 N–H and O–H groups in total. The predicted octanol–water partition coefficient (Wildman–Crippen LogP) is 2.81. The Morgan fingerprint density at radius 3 is 2.76 bits per heavy atom. The molecule has 0 spiro atoms. The first kappa shape index (κ1) is 25.9. The van der Waals surface area contributed by atoms with Crippen molar-refractivity contribution >= 4 is 28.3 Å². The zero-order valence-corrected chi connectivity index (χ0v) is 23.1. The number of amides is 1. The van der Waals surface area contributed by atoms with Gasteiger partial charge in [-0.15, -0.1) is 0 Å². The molecule has 0 aliphatic carbocycles. The van der Waals surface area contributed by atoms with Crippen LogP contribution in [0.3, 0.4) is 0 Å². The van der Waals surface area contributed by atoms with Crippen LogP contribution in [0, 0.1) is 23.0 Å². The number of rotatable bonds is 5. The number of aromatic nitrogens is 3. The number of pyridine rings is 1. The highest BCUT2D eigenvalue weighted by molar-refractivity contribution is 5.83. The summed E-state index contributed by atoms with van der Waals surface area (Å²) in [6, 6.07) is 18.1. The fourth-order valence-electron chi connectivity index (χ4n) is 7.42. The van der Waals surface area contributed by atoms with E-state index in [4.69, 9.17) is 4.98 Å². The summed E-state index contributed by atoms with van der Waals surface area (Å²) < 4.78 is 1.89. The Bertz CT molecular complexity index is 1660. The summed E-state index contributed by atoms with van der Waals surface area (Å²) >= 11 is 0. The molecule has 3 aliphatic heterocycles. The van der Waals surface area contributed by atoms with Gasteiger partial charge in [0.1, 0.15) is 5.82 Å². The van der Waals surface area contributed by atoms with Gasteiger partial charge in [-0.3, -0.25) is 9.59 Å². The minimum absolute atomic E-state index is 0.00119. The molecule has 3 aliphatic rings. The van der Waals surface area contributed by atoms with Crippen molar-refractivity contribution < 1.29 is 15.2 Å². The highest BCUT2D eigenvalue weighted by Gasteiger charge is 2.49. The monoisotopic (exact) mass is 554 g/mol. The fraction of sp³-hybridized carbons (Fsp3) is 0.387. The zero-order chi connectivity index (χ0) is 28.4. The molecule has 7 rings (SSSR count). The summed E-state index contributed by atoms with van der Waals surface area (Å²) in [5.41, 5.74) is 4.89. The number of carbonyl (C=O) groups excluding carboxylic acids is 1. The summed E-state index contributed by atoms with van der Waals surface area (Å²) in [6.07, 6.45) is 1.35. The highest BCUT2D eigenvalue weighted by atomic mass is 16.8. The van der Waals surface area contributed by atoms with Crippen LogP contribution >= 0.6 is 0 Å². The van der Waals surface area contributed by atoms with E-state index in [1.54, 1.807) is 18.2 Å². The normalized spacial score (nSPS) is 24.4. The number of benzene rings is 2. The maximum Gasteiger partial charge on any atom is 0.250 e. The van der Waals surface area contributed by atoms with Crippen molar-refractivity contribution in [3.63, 3.8) is 0 Å². The summed E-state index contributed by atoms with van der Waals surface area (Å²) in [7, 11) is 0. The number of quaternary nitrogens is 1. The van der Waals surface area contributed by atoms with E-state index in [-0.39, 0.29) is 47.0 Å². The van der Waals surface area contributed by atoms with Gasteiger partial charge in [0, 0.05) is 54.6 Å². The van der Waals surface area contributed by atoms with Crippen LogP contribution in [0.25, 0.3) is 11.0 Å². The quantitative estimate of drug-likeness (QED) is 0.281. The van der Waals surface area contributed by atoms with Crippen LogP contribution < -0.4 is 21.0 Å². The lowest BCUT2D eigenvalue weighted by Crippen LogP contribution is -2.99. The highest BCUT2D eigenvalue weighted by Crippen LogP contribution is 2.47. The molecule has 2 aromatic carbocycles. The van der Waals surface area contributed by atoms with Crippen LogP contribution in [-0.4, -0.2) is 38.2 Å². The number of anilines is 1. The van der Waals surface area contributed by atoms with Crippen LogP contribution in [-0.2, 0) is 17.8 Å². The van der Waals surface area contributed by atoms with Crippen molar-refractivity contribution in [3.05, 3.63) is 93.3 Å². The topological polar surface area (TPSA) is 131 Å². The molecule has 1 amide bonds. The molecule has 3 unspecified atom stereocenters. The molecule has 4 aromatic rings. The second kappa shape index (κ2) is 9.83. The number of aromatic amines is 1. The first-order chi connectivity index (χ1) is 19.8. The van der Waals surface area contributed by atoms with Gasteiger partial charge in [0.2, 0.25) is 5.91 Å². The number of para-hydroxylation sites is 2. The number of hydrogen-bond donors (Lipinski definition) is 4. The lowest BCUT2D eigenvalue weighted by molar-refractivity contribution is -0.991. The van der Waals surface area contributed by atoms with Gasteiger partial charge >= 0.3 is 0 Å². The molecule has 10 heteroatoms. The third-order valence-electron chi connectivity index (χ3n) is 9.26. The number of H-pyrrole nitrogens is 1. The molecule has 5 heterocycles. The summed E-state index contributed by atoms with van der Waals surface area (Å²) in [6.45, 7) is 5.37. The minimum Gasteiger partial charge on any atom is -0.595 e. The Morgan fingerprint density at radius 2 is 1.98 bits per heavy atom. The fourth-order valence-corrected chi connectivity index (χ4v) is 7.42. The van der Waals surface area contributed by atoms with E-state index >= 15 is 0 Å². The van der Waals surface area contributed by atoms with Gasteiger partial charge in [0.25, 0.3) is 5.56 Å². The lowest BCUT2D eigenvalue weighted by Gasteiger charge is -2.54. The number of nitrogens with zero attached hydrogens (tertiary/aromatic N) is 3. The Balaban J connectivity index is 1.27. The average molecular weight is 555 g/mol. The molecule has 10 nitrogen and oxygen atoms in total. The van der Waals surface area contributed by atoms with Crippen LogP contribution in [0.15, 0.2) is 65.5 Å². The van der Waals surface area contributed by atoms with Gasteiger partial charge in [-0.1, -0.05) is 32.0 Å². The summed E-state index contributed by atoms with van der Waals surface area (Å²) in [4.78, 5) is 37.6. The molecule has 2 aromatic heterocycles. The average Bonchev–Trinajstić information content (AvgIpc) is 3.39. The summed E-state index contributed by atoms with van der Waals surface area (Å²) in [5, 5.41) is 23.9. The molecule has 2 bridgehead atoms. The standard InChI is InChI=1S/C31H34N6O4/c1-17(2)28(30-32-23-6-3-4-7-24(23)33-30)34-31(39)22-14-18-13-21(37(40)41)10-11-26(18)36-15-19-12-20(29(22)36)16-35-25(19)8-5-9-27(35)38/h3-11,13,17,19-20,22,28-29,37,40H,12,14-16H2,1-2H3,(H,32,33)(H,34,39)/t19?,20?,22-,28+,29+/m1/s1. The number of imidazole rings is 1. The van der Waals surface area contributed by atoms with E-state index in [0.29, 0.717) is 19.5 Å². The number of carbonyl (C=O) groups is 1. The largest absolute Gasteiger partial charge is 0.595 e. The molecular formula is C31H34N6O4. The molecule has 0 saturated carbocycles. The van der Waals surface area contributed by atoms with E-state index < -0.39 is 11.1 Å². The number of fused-ring (bicyclic) bond motifs is 9. The molecule has 1 saturated heterocycles. The number of piperidine rings is 1. The minimum atomic E-state index is -0.982. The Morgan fingerprint density at radius 1 is 1.15 bits per heavy atom. The van der Waals surface area contributed by atoms with Gasteiger partial charge in [-0.05, 0) is 54.5 Å². The molecule has 0 radical (unpaired) electrons. The lowest BCUT2D eigenvalue weighted by atomic mass is 9.70. The first-order valence-corrected chi connectivity index (χ1v) is 14.4. The maximum atomic E-state index is 14.3. The van der Waals surface area contributed by atoms with Crippen molar-refractivity contribution in [1.29, 1.82) is 0 Å². The van der Waals surface area contributed by atoms with Gasteiger partial charge in [-0.25, -0.2) is 10.2 Å². The Kier molecular flexibility index (Phi) is 6.22. The molecule has 212 valence electrons. The molecule has 6 atom stereocenters. The molecule has 1 fully saturated rings. The zero-order valence-electron chi connectivity index (χ0n) is 23.1. The van der Waals surface area contributed by atoms with Gasteiger partial charge in [0.05, 0.1) is 23.0 Å². The Hall–Kier alpha value is -3.99. The number of hydrogen-bond acceptors (Lipinski definition) is 6. The van der Waals surface area contributed by atoms with E-state index in [1.807, 2.05) is 47.0 Å². The van der Waals surface area contributed by atoms with Gasteiger partial charge < -0.3 is 25.0 Å². The second-order valence-electron chi connectivity index (χ2n) is 12.1. The van der Waals surface area contributed by atoms with Crippen LogP contribution in [0.2, 0.25) is 0 Å². The molecule has 41 heavy (non-hydrogen) atoms. The second-order valence-corrected chi connectivity index (χ2v) is 12.1. The maximum absolute atomic E-state index is 14.3.